The lowest BCUT2D eigenvalue weighted by molar-refractivity contribution is 0.333. The van der Waals surface area contributed by atoms with Crippen molar-refractivity contribution in [3.05, 3.63) is 0 Å². The molecule has 0 aromatic rings. The number of phosphoric acid groups is 1. The lowest BCUT2D eigenvalue weighted by Gasteiger charge is -1.90. The van der Waals surface area contributed by atoms with E-state index >= 15 is 0 Å². The van der Waals surface area contributed by atoms with E-state index in [-0.39, 0.29) is 0 Å². The summed E-state index contributed by atoms with van der Waals surface area (Å²) < 4.78 is 18.3. The van der Waals surface area contributed by atoms with E-state index in [1.165, 1.54) is 0 Å². The molecule has 0 aromatic carbocycles. The fourth-order valence-corrected chi connectivity index (χ4v) is 3.08. The van der Waals surface area contributed by atoms with Crippen LogP contribution in [-0.4, -0.2) is 4.89 Å². The van der Waals surface area contributed by atoms with Crippen molar-refractivity contribution in [3.63, 3.8) is 0 Å². The average Bonchev–Trinajstić information content (AvgIpc) is 1.84. The van der Waals surface area contributed by atoms with E-state index in [0.717, 1.165) is 22.1 Å². The van der Waals surface area contributed by atoms with Gasteiger partial charge in [0.1, 0.15) is 22.1 Å². The second kappa shape index (κ2) is 1.97. The van der Waals surface area contributed by atoms with Gasteiger partial charge in [0.25, 0.3) is 0 Å². The van der Waals surface area contributed by atoms with Gasteiger partial charge in [-0.1, -0.05) is 0 Å². The fourth-order valence-electron chi connectivity index (χ4n) is 0.114. The van der Waals surface area contributed by atoms with Gasteiger partial charge in [0.2, 0.25) is 0 Å². The van der Waals surface area contributed by atoms with Crippen LogP contribution in [0.15, 0.2) is 0 Å². The normalized spacial score (nSPS) is 28.1. The summed E-state index contributed by atoms with van der Waals surface area (Å²) in [7, 11) is -3.62. The monoisotopic (exact) mass is 160 g/mol. The molecule has 1 fully saturated rings. The van der Waals surface area contributed by atoms with Gasteiger partial charge in [-0.25, -0.2) is 12.5 Å². The molecule has 0 saturated carbocycles. The van der Waals surface area contributed by atoms with Crippen LogP contribution in [0.4, 0.5) is 0 Å². The molecular formula is HO4PS2. The molecule has 0 spiro atoms. The Morgan fingerprint density at radius 3 is 2.00 bits per heavy atom. The molecule has 0 unspecified atom stereocenters. The van der Waals surface area contributed by atoms with Crippen LogP contribution in [0.3, 0.4) is 0 Å². The maximum absolute atomic E-state index is 10.1. The summed E-state index contributed by atoms with van der Waals surface area (Å²) in [5.41, 5.74) is 0. The van der Waals surface area contributed by atoms with Crippen LogP contribution < -0.4 is 0 Å². The maximum Gasteiger partial charge on any atom is 0.496 e. The van der Waals surface area contributed by atoms with Gasteiger partial charge >= 0.3 is 7.82 Å². The van der Waals surface area contributed by atoms with Crippen LogP contribution in [0.1, 0.15) is 0 Å². The molecule has 1 aliphatic heterocycles. The molecule has 1 heterocycles. The highest BCUT2D eigenvalue weighted by molar-refractivity contribution is 8.75. The minimum atomic E-state index is -3.62. The average molecular weight is 160 g/mol. The Morgan fingerprint density at radius 2 is 1.86 bits per heavy atom. The van der Waals surface area contributed by atoms with Gasteiger partial charge in [-0.3, -0.25) is 0 Å². The van der Waals surface area contributed by atoms with Gasteiger partial charge in [-0.05, 0) is 0 Å². The molecule has 0 bridgehead atoms. The van der Waals surface area contributed by atoms with Crippen LogP contribution in [0, 0.1) is 0 Å². The molecule has 7 heteroatoms. The number of hydrogen-bond acceptors (Lipinski definition) is 5. The summed E-state index contributed by atoms with van der Waals surface area (Å²) in [6.07, 6.45) is 0. The summed E-state index contributed by atoms with van der Waals surface area (Å²) in [5, 5.41) is 0. The second-order valence-corrected chi connectivity index (χ2v) is 3.97. The number of hydrogen-bond donors (Lipinski definition) is 1. The highest BCUT2D eigenvalue weighted by Gasteiger charge is 2.29. The molecule has 0 aliphatic carbocycles. The molecular weight excluding hydrogens is 159 g/mol. The Kier molecular flexibility index (Phi) is 1.67. The first-order valence-corrected chi connectivity index (χ1v) is 4.74. The van der Waals surface area contributed by atoms with Crippen LogP contribution >= 0.6 is 30.0 Å². The van der Waals surface area contributed by atoms with Crippen molar-refractivity contribution < 1.29 is 17.4 Å². The summed E-state index contributed by atoms with van der Waals surface area (Å²) >= 11 is 1.52. The van der Waals surface area contributed by atoms with Crippen LogP contribution in [0.5, 0.6) is 0 Å². The van der Waals surface area contributed by atoms with Crippen molar-refractivity contribution >= 4 is 30.0 Å². The van der Waals surface area contributed by atoms with Gasteiger partial charge in [-0.2, -0.15) is 0 Å². The van der Waals surface area contributed by atoms with Gasteiger partial charge < -0.3 is 4.89 Å². The highest BCUT2D eigenvalue weighted by Crippen LogP contribution is 2.61. The lowest BCUT2D eigenvalue weighted by Crippen LogP contribution is -1.69. The minimum absolute atomic E-state index is 0.762. The van der Waals surface area contributed by atoms with E-state index in [0.29, 0.717) is 0 Å². The Bertz CT molecular complexity index is 100. The molecule has 0 amide bonds. The van der Waals surface area contributed by atoms with Crippen molar-refractivity contribution in [2.24, 2.45) is 0 Å². The van der Waals surface area contributed by atoms with Crippen molar-refractivity contribution in [3.8, 4) is 0 Å². The van der Waals surface area contributed by atoms with Crippen molar-refractivity contribution in [1.82, 2.24) is 0 Å². The van der Waals surface area contributed by atoms with Crippen LogP contribution in [0.25, 0.3) is 0 Å². The van der Waals surface area contributed by atoms with Gasteiger partial charge in [-0.15, -0.1) is 0 Å². The zero-order chi connectivity index (χ0) is 5.33. The van der Waals surface area contributed by atoms with E-state index in [9.17, 15) is 4.57 Å². The van der Waals surface area contributed by atoms with E-state index < -0.39 is 7.82 Å². The van der Waals surface area contributed by atoms with Gasteiger partial charge in [0.05, 0.1) is 0 Å². The van der Waals surface area contributed by atoms with Crippen molar-refractivity contribution in [1.29, 1.82) is 0 Å². The fraction of sp³-hybridized carbons (Fsp3) is 0. The summed E-state index contributed by atoms with van der Waals surface area (Å²) in [6.45, 7) is 0. The zero-order valence-electron chi connectivity index (χ0n) is 2.94. The van der Waals surface area contributed by atoms with Crippen LogP contribution in [0.2, 0.25) is 0 Å². The molecule has 4 nitrogen and oxygen atoms in total. The quantitative estimate of drug-likeness (QED) is 0.328. The maximum atomic E-state index is 10.1. The minimum Gasteiger partial charge on any atom is -0.301 e. The SMILES string of the molecule is O=P1(O)OSSO1. The highest BCUT2D eigenvalue weighted by atomic mass is 33.1. The first-order chi connectivity index (χ1) is 3.21. The smallest absolute Gasteiger partial charge is 0.301 e. The third-order valence-corrected chi connectivity index (χ3v) is 3.59. The van der Waals surface area contributed by atoms with E-state index in [2.05, 4.69) is 7.94 Å². The van der Waals surface area contributed by atoms with E-state index in [1.54, 1.807) is 0 Å². The van der Waals surface area contributed by atoms with E-state index in [4.69, 9.17) is 4.89 Å². The summed E-state index contributed by atoms with van der Waals surface area (Å²) in [6, 6.07) is 0. The van der Waals surface area contributed by atoms with Gasteiger partial charge in [0.15, 0.2) is 0 Å². The molecule has 7 heavy (non-hydrogen) atoms. The largest absolute Gasteiger partial charge is 0.496 e. The summed E-state index contributed by atoms with van der Waals surface area (Å²) in [4.78, 5) is 8.26. The Hall–Kier alpha value is 0.810. The first-order valence-electron chi connectivity index (χ1n) is 1.25. The molecule has 0 aromatic heterocycles. The molecule has 1 saturated heterocycles. The third kappa shape index (κ3) is 1.64. The first kappa shape index (κ1) is 5.94. The molecule has 0 radical (unpaired) electrons. The molecule has 0 atom stereocenters. The molecule has 1 N–H and O–H groups in total. The Labute approximate surface area is 48.0 Å². The Morgan fingerprint density at radius 1 is 1.43 bits per heavy atom. The van der Waals surface area contributed by atoms with Gasteiger partial charge in [0, 0.05) is 0 Å². The molecule has 42 valence electrons. The second-order valence-electron chi connectivity index (χ2n) is 0.754. The topological polar surface area (TPSA) is 55.8 Å². The lowest BCUT2D eigenvalue weighted by atomic mass is 15.7. The Balaban J connectivity index is 2.57. The van der Waals surface area contributed by atoms with Crippen LogP contribution in [-0.2, 0) is 12.5 Å². The third-order valence-electron chi connectivity index (χ3n) is 0.277. The zero-order valence-corrected chi connectivity index (χ0v) is 5.46. The predicted molar refractivity (Wildman–Crippen MR) is 27.2 cm³/mol. The van der Waals surface area contributed by atoms with E-state index in [1.807, 2.05) is 0 Å². The number of rotatable bonds is 0. The summed E-state index contributed by atoms with van der Waals surface area (Å²) in [5.74, 6) is 0. The van der Waals surface area contributed by atoms with Crippen molar-refractivity contribution in [2.75, 3.05) is 0 Å². The standard InChI is InChI=1S/HO4PS2/c1-5(2)3-6-7-4-5/h(H,1,2). The molecule has 1 aliphatic rings. The van der Waals surface area contributed by atoms with Crippen molar-refractivity contribution in [2.45, 2.75) is 0 Å². The molecule has 1 rings (SSSR count). The predicted octanol–water partition coefficient (Wildman–Crippen LogP) is 1.34.